The van der Waals surface area contributed by atoms with Crippen LogP contribution in [0, 0.1) is 0 Å². The number of amides is 1. The maximum Gasteiger partial charge on any atom is 0.233 e. The number of methoxy groups -OCH3 is 1. The fraction of sp³-hybridized carbons (Fsp3) is 0.400. The van der Waals surface area contributed by atoms with Crippen LogP contribution in [0.15, 0.2) is 53.7 Å². The Morgan fingerprint density at radius 1 is 1.08 bits per heavy atom. The highest BCUT2D eigenvalue weighted by Gasteiger charge is 2.29. The van der Waals surface area contributed by atoms with Gasteiger partial charge in [0.15, 0.2) is 11.0 Å². The molecule has 11 heteroatoms. The Bertz CT molecular complexity index is 1310. The molecule has 0 saturated carbocycles. The summed E-state index contributed by atoms with van der Waals surface area (Å²) in [6.45, 7) is 4.21. The zero-order valence-electron chi connectivity index (χ0n) is 20.8. The van der Waals surface area contributed by atoms with Crippen molar-refractivity contribution in [1.29, 1.82) is 0 Å². The lowest BCUT2D eigenvalue weighted by Crippen LogP contribution is -2.48. The number of benzene rings is 2. The van der Waals surface area contributed by atoms with Crippen LogP contribution in [0.25, 0.3) is 17.1 Å². The van der Waals surface area contributed by atoms with Gasteiger partial charge in [-0.1, -0.05) is 23.9 Å². The van der Waals surface area contributed by atoms with E-state index in [2.05, 4.69) is 28.8 Å². The molecule has 2 heterocycles. The average Bonchev–Trinajstić information content (AvgIpc) is 3.25. The van der Waals surface area contributed by atoms with E-state index in [-0.39, 0.29) is 23.7 Å². The monoisotopic (exact) mass is 529 g/mol. The van der Waals surface area contributed by atoms with Gasteiger partial charge in [-0.25, -0.2) is 8.42 Å². The smallest absolute Gasteiger partial charge is 0.233 e. The van der Waals surface area contributed by atoms with Gasteiger partial charge in [0.25, 0.3) is 0 Å². The summed E-state index contributed by atoms with van der Waals surface area (Å²) in [4.78, 5) is 15.2. The van der Waals surface area contributed by atoms with Crippen molar-refractivity contribution in [2.45, 2.75) is 50.4 Å². The molecule has 0 unspecified atom stereocenters. The number of thioether (sulfide) groups is 1. The van der Waals surface area contributed by atoms with Crippen LogP contribution in [0.2, 0.25) is 0 Å². The SMILES string of the molecule is COc1ccccc1-n1c(SCC(=O)N2[C@H](C)CCC[C@H]2C)nnc1-c1ccc(NS(C)(=O)=O)cc1. The first kappa shape index (κ1) is 26.0. The fourth-order valence-corrected chi connectivity index (χ4v) is 5.98. The second kappa shape index (κ2) is 10.9. The summed E-state index contributed by atoms with van der Waals surface area (Å²) in [5.41, 5.74) is 1.94. The number of sulfonamides is 1. The van der Waals surface area contributed by atoms with Gasteiger partial charge < -0.3 is 9.64 Å². The Kier molecular flexibility index (Phi) is 7.89. The van der Waals surface area contributed by atoms with Crippen LogP contribution < -0.4 is 9.46 Å². The van der Waals surface area contributed by atoms with Crippen molar-refractivity contribution in [3.05, 3.63) is 48.5 Å². The normalized spacial score (nSPS) is 18.2. The van der Waals surface area contributed by atoms with Crippen LogP contribution in [0.4, 0.5) is 5.69 Å². The minimum atomic E-state index is -3.38. The van der Waals surface area contributed by atoms with Crippen molar-refractivity contribution in [2.24, 2.45) is 0 Å². The van der Waals surface area contributed by atoms with Crippen LogP contribution in [-0.2, 0) is 14.8 Å². The Hall–Kier alpha value is -3.05. The van der Waals surface area contributed by atoms with Crippen molar-refractivity contribution in [3.8, 4) is 22.8 Å². The Balaban J connectivity index is 1.67. The number of nitrogens with one attached hydrogen (secondary N) is 1. The molecule has 1 amide bonds. The van der Waals surface area contributed by atoms with Crippen molar-refractivity contribution in [1.82, 2.24) is 19.7 Å². The molecule has 36 heavy (non-hydrogen) atoms. The van der Waals surface area contributed by atoms with Crippen molar-refractivity contribution in [2.75, 3.05) is 23.8 Å². The van der Waals surface area contributed by atoms with Crippen molar-refractivity contribution >= 4 is 33.4 Å². The second-order valence-corrected chi connectivity index (χ2v) is 11.7. The van der Waals surface area contributed by atoms with E-state index in [1.807, 2.05) is 33.7 Å². The minimum Gasteiger partial charge on any atom is -0.495 e. The molecule has 3 aromatic rings. The summed E-state index contributed by atoms with van der Waals surface area (Å²) >= 11 is 1.34. The molecule has 0 bridgehead atoms. The van der Waals surface area contributed by atoms with Gasteiger partial charge >= 0.3 is 0 Å². The lowest BCUT2D eigenvalue weighted by molar-refractivity contribution is -0.134. The second-order valence-electron chi connectivity index (χ2n) is 8.98. The van der Waals surface area contributed by atoms with E-state index in [9.17, 15) is 13.2 Å². The van der Waals surface area contributed by atoms with Crippen LogP contribution in [0.1, 0.15) is 33.1 Å². The number of ether oxygens (including phenoxy) is 1. The third-order valence-corrected chi connectivity index (χ3v) is 7.73. The maximum atomic E-state index is 13.2. The number of nitrogens with zero attached hydrogens (tertiary/aromatic N) is 4. The summed E-state index contributed by atoms with van der Waals surface area (Å²) < 4.78 is 33.1. The third-order valence-electron chi connectivity index (χ3n) is 6.21. The van der Waals surface area contributed by atoms with Gasteiger partial charge in [-0.2, -0.15) is 0 Å². The van der Waals surface area contributed by atoms with E-state index >= 15 is 0 Å². The molecule has 0 spiro atoms. The predicted octanol–water partition coefficient (Wildman–Crippen LogP) is 4.20. The first-order chi connectivity index (χ1) is 17.2. The molecule has 2 atom stereocenters. The summed E-state index contributed by atoms with van der Waals surface area (Å²) in [5.74, 6) is 1.53. The Morgan fingerprint density at radius 2 is 1.75 bits per heavy atom. The van der Waals surface area contributed by atoms with Gasteiger partial charge in [-0.15, -0.1) is 10.2 Å². The number of carbonyl (C=O) groups is 1. The van der Waals surface area contributed by atoms with E-state index < -0.39 is 10.0 Å². The van der Waals surface area contributed by atoms with E-state index in [1.165, 1.54) is 11.8 Å². The number of anilines is 1. The highest BCUT2D eigenvalue weighted by molar-refractivity contribution is 7.99. The first-order valence-corrected chi connectivity index (χ1v) is 14.7. The van der Waals surface area contributed by atoms with E-state index in [0.29, 0.717) is 22.4 Å². The molecule has 1 aliphatic heterocycles. The zero-order valence-corrected chi connectivity index (χ0v) is 22.5. The quantitative estimate of drug-likeness (QED) is 0.436. The van der Waals surface area contributed by atoms with Crippen LogP contribution in [0.5, 0.6) is 5.75 Å². The topological polar surface area (TPSA) is 106 Å². The van der Waals surface area contributed by atoms with Crippen molar-refractivity contribution < 1.29 is 17.9 Å². The highest BCUT2D eigenvalue weighted by Crippen LogP contribution is 2.33. The maximum absolute atomic E-state index is 13.2. The highest BCUT2D eigenvalue weighted by atomic mass is 32.2. The predicted molar refractivity (Wildman–Crippen MR) is 142 cm³/mol. The van der Waals surface area contributed by atoms with Gasteiger partial charge in [0.1, 0.15) is 5.75 Å². The molecule has 0 aliphatic carbocycles. The van der Waals surface area contributed by atoms with Crippen LogP contribution in [-0.4, -0.2) is 65.2 Å². The molecular weight excluding hydrogens is 498 g/mol. The fourth-order valence-electron chi connectivity index (χ4n) is 4.60. The number of hydrogen-bond donors (Lipinski definition) is 1. The summed E-state index contributed by atoms with van der Waals surface area (Å²) in [5, 5.41) is 9.42. The van der Waals surface area contributed by atoms with Crippen LogP contribution >= 0.6 is 11.8 Å². The number of piperidine rings is 1. The molecule has 192 valence electrons. The largest absolute Gasteiger partial charge is 0.495 e. The van der Waals surface area contributed by atoms with Gasteiger partial charge in [0, 0.05) is 23.3 Å². The van der Waals surface area contributed by atoms with Gasteiger partial charge in [-0.05, 0) is 69.5 Å². The van der Waals surface area contributed by atoms with Crippen LogP contribution in [0.3, 0.4) is 0 Å². The van der Waals surface area contributed by atoms with Gasteiger partial charge in [0.2, 0.25) is 15.9 Å². The molecular formula is C25H31N5O4S2. The molecule has 1 fully saturated rings. The van der Waals surface area contributed by atoms with E-state index in [4.69, 9.17) is 4.74 Å². The average molecular weight is 530 g/mol. The lowest BCUT2D eigenvalue weighted by atomic mass is 9.98. The third kappa shape index (κ3) is 5.84. The zero-order chi connectivity index (χ0) is 25.9. The lowest BCUT2D eigenvalue weighted by Gasteiger charge is -2.39. The molecule has 1 aromatic heterocycles. The number of aromatic nitrogens is 3. The number of likely N-dealkylation sites (tertiary alicyclic amines) is 1. The molecule has 4 rings (SSSR count). The van der Waals surface area contributed by atoms with E-state index in [0.717, 1.165) is 36.8 Å². The first-order valence-electron chi connectivity index (χ1n) is 11.8. The molecule has 1 aliphatic rings. The molecule has 2 aromatic carbocycles. The standard InChI is InChI=1S/C25H31N5O4S2/c1-17-8-7-9-18(2)29(17)23(31)16-35-25-27-26-24(30(25)21-10-5-6-11-22(21)34-3)19-12-14-20(15-13-19)28-36(4,32)33/h5-6,10-15,17-18,28H,7-9,16H2,1-4H3/t17-,18-/m1/s1. The summed E-state index contributed by atoms with van der Waals surface area (Å²) in [6, 6.07) is 14.9. The minimum absolute atomic E-state index is 0.0898. The summed E-state index contributed by atoms with van der Waals surface area (Å²) in [7, 11) is -1.78. The number of para-hydroxylation sites is 2. The summed E-state index contributed by atoms with van der Waals surface area (Å²) in [6.07, 6.45) is 4.29. The molecule has 0 radical (unpaired) electrons. The van der Waals surface area contributed by atoms with Gasteiger partial charge in [0.05, 0.1) is 24.8 Å². The number of rotatable bonds is 8. The molecule has 1 saturated heterocycles. The number of hydrogen-bond acceptors (Lipinski definition) is 7. The Morgan fingerprint density at radius 3 is 2.39 bits per heavy atom. The van der Waals surface area contributed by atoms with Gasteiger partial charge in [-0.3, -0.25) is 14.1 Å². The van der Waals surface area contributed by atoms with E-state index in [1.54, 1.807) is 31.4 Å². The molecule has 9 nitrogen and oxygen atoms in total. The molecule has 1 N–H and O–H groups in total. The van der Waals surface area contributed by atoms with Crippen molar-refractivity contribution in [3.63, 3.8) is 0 Å². The Labute approximate surface area is 216 Å². The number of carbonyl (C=O) groups excluding carboxylic acids is 1.